The SMILES string of the molecule is CCCCCCc1ccc([Si](C)(c2ccc(CCCCCC)s2)c2ccc(-c3ccc([Si](C)(c4ccc(-c5ccc([Si](C)(c6ccc(CCCCCC)s6)c6ccc(CCCCCC)s6)s5)s4)c4ccc(-c5ccc([Si](C)(c6ccc(CCCCCC)s6)c6ccc(CCCCCC)s6)s5)s4)s3)s2)s1. The number of hydrogen-bond acceptors (Lipinski definition) is 12. The summed E-state index contributed by atoms with van der Waals surface area (Å²) in [5.74, 6) is 0. The van der Waals surface area contributed by atoms with Gasteiger partial charge < -0.3 is 0 Å². The quantitative estimate of drug-likeness (QED) is 0.0264. The minimum atomic E-state index is -2.60. The first-order valence-electron chi connectivity index (χ1n) is 39.9. The fourth-order valence-electron chi connectivity index (χ4n) is 14.9. The minimum absolute atomic E-state index is 1.21. The molecule has 0 unspecified atom stereocenters. The Morgan fingerprint density at radius 3 is 0.442 bits per heavy atom. The average molecular weight is 1670 g/mol. The van der Waals surface area contributed by atoms with Gasteiger partial charge in [-0.25, -0.2) is 0 Å². The highest BCUT2D eigenvalue weighted by atomic mass is 32.1. The first-order chi connectivity index (χ1) is 50.8. The second-order valence-electron chi connectivity index (χ2n) is 29.9. The first kappa shape index (κ1) is 80.8. The topological polar surface area (TPSA) is 0 Å². The normalized spacial score (nSPS) is 12.5. The highest BCUT2D eigenvalue weighted by Gasteiger charge is 2.44. The monoisotopic (exact) mass is 1670 g/mol. The van der Waals surface area contributed by atoms with Crippen LogP contribution in [0.1, 0.15) is 225 Å². The molecule has 16 heteroatoms. The Labute approximate surface area is 679 Å². The molecule has 0 saturated carbocycles. The van der Waals surface area contributed by atoms with E-state index in [1.807, 2.05) is 0 Å². The molecule has 12 rings (SSSR count). The van der Waals surface area contributed by atoms with Crippen LogP contribution in [0.3, 0.4) is 0 Å². The van der Waals surface area contributed by atoms with Crippen molar-refractivity contribution in [1.29, 1.82) is 0 Å². The summed E-state index contributed by atoms with van der Waals surface area (Å²) in [6, 6.07) is 61.0. The van der Waals surface area contributed by atoms with Crippen molar-refractivity contribution in [2.24, 2.45) is 0 Å². The lowest BCUT2D eigenvalue weighted by atomic mass is 10.1. The number of unbranched alkanes of at least 4 members (excludes halogenated alkanes) is 18. The Bertz CT molecular complexity index is 3920. The van der Waals surface area contributed by atoms with Crippen LogP contribution in [0, 0.1) is 0 Å². The van der Waals surface area contributed by atoms with Crippen molar-refractivity contribution in [2.45, 2.75) is 260 Å². The summed E-state index contributed by atoms with van der Waals surface area (Å²) in [6.45, 7) is 24.8. The molecule has 0 bridgehead atoms. The van der Waals surface area contributed by atoms with E-state index in [1.165, 1.54) is 222 Å². The lowest BCUT2D eigenvalue weighted by Gasteiger charge is -2.24. The molecule has 0 saturated heterocycles. The molecule has 0 amide bonds. The van der Waals surface area contributed by atoms with E-state index in [0.717, 1.165) is 0 Å². The Balaban J connectivity index is 0.913. The zero-order valence-corrected chi connectivity index (χ0v) is 77.8. The molecule has 0 atom stereocenters. The minimum Gasteiger partial charge on any atom is -0.149 e. The van der Waals surface area contributed by atoms with Crippen LogP contribution >= 0.6 is 136 Å². The predicted octanol–water partition coefficient (Wildman–Crippen LogP) is 24.6. The first-order valence-corrected chi connectivity index (χ1v) is 59.7. The maximum absolute atomic E-state index is 2.72. The van der Waals surface area contributed by atoms with Crippen molar-refractivity contribution in [3.8, 4) is 29.3 Å². The van der Waals surface area contributed by atoms with Gasteiger partial charge in [0, 0.05) is 113 Å². The van der Waals surface area contributed by atoms with Crippen molar-refractivity contribution in [1.82, 2.24) is 0 Å². The van der Waals surface area contributed by atoms with Crippen LogP contribution in [0.25, 0.3) is 29.3 Å². The molecule has 0 aliphatic rings. The molecule has 0 spiro atoms. The zero-order valence-electron chi connectivity index (χ0n) is 64.0. The predicted molar refractivity (Wildman–Crippen MR) is 498 cm³/mol. The van der Waals surface area contributed by atoms with Gasteiger partial charge in [0.25, 0.3) is 0 Å². The molecule has 104 heavy (non-hydrogen) atoms. The number of aryl methyl sites for hydroxylation is 6. The van der Waals surface area contributed by atoms with Gasteiger partial charge in [0.15, 0.2) is 32.3 Å². The van der Waals surface area contributed by atoms with Crippen LogP contribution in [0.15, 0.2) is 146 Å². The summed E-state index contributed by atoms with van der Waals surface area (Å²) in [5.41, 5.74) is 0. The van der Waals surface area contributed by atoms with Crippen molar-refractivity contribution in [3.63, 3.8) is 0 Å². The maximum atomic E-state index is 2.72. The van der Waals surface area contributed by atoms with Gasteiger partial charge >= 0.3 is 0 Å². The molecule has 0 radical (unpaired) electrons. The summed E-state index contributed by atoms with van der Waals surface area (Å²) in [6.07, 6.45) is 38.7. The van der Waals surface area contributed by atoms with Gasteiger partial charge in [0.1, 0.15) is 0 Å². The average Bonchev–Trinajstić information content (AvgIpc) is 1.61. The van der Waals surface area contributed by atoms with E-state index in [2.05, 4.69) is 349 Å². The molecule has 0 aliphatic heterocycles. The molecule has 0 nitrogen and oxygen atoms in total. The van der Waals surface area contributed by atoms with Crippen LogP contribution in [-0.4, -0.2) is 32.3 Å². The molecular weight excluding hydrogens is 1550 g/mol. The van der Waals surface area contributed by atoms with Gasteiger partial charge in [0.2, 0.25) is 0 Å². The standard InChI is InChI=1S/C88H114S12Si4/c1-11-17-23-29-35-65-41-53-77(89-65)101(7,78-54-42-66(90-78)36-30-24-18-12-2)83-59-47-71(95-83)74-50-62-86(98-74)104(10,87-63-51-75(99-87)72-48-60-84(96-72)102(8,79-55-43-67(91-79)37-31-25-19-13-3)80-56-44-68(92-80)38-32-26-20-14-4)88-64-52-76(100-88)73-49-61-85(97-73)103(9,81-57-45-69(93-81)39-33-27-21-15-5)82-58-46-70(94-82)40-34-28-22-16-6/h41-64H,11-40H2,1-10H3. The molecule has 0 N–H and O–H groups in total. The Hall–Kier alpha value is -2.73. The van der Waals surface area contributed by atoms with E-state index >= 15 is 0 Å². The van der Waals surface area contributed by atoms with E-state index in [9.17, 15) is 0 Å². The zero-order chi connectivity index (χ0) is 72.5. The molecule has 12 heterocycles. The molecular formula is C88H114S12Si4. The van der Waals surface area contributed by atoms with Crippen LogP contribution < -0.4 is 54.0 Å². The second-order valence-corrected chi connectivity index (χ2v) is 63.3. The largest absolute Gasteiger partial charge is 0.181 e. The molecule has 0 fully saturated rings. The molecule has 554 valence electrons. The third kappa shape index (κ3) is 18.9. The van der Waals surface area contributed by atoms with Gasteiger partial charge in [-0.3, -0.25) is 0 Å². The highest BCUT2D eigenvalue weighted by Crippen LogP contribution is 2.38. The number of hydrogen-bond donors (Lipinski definition) is 0. The molecule has 0 aromatic carbocycles. The summed E-state index contributed by atoms with van der Waals surface area (Å²) in [4.78, 5) is 18.0. The van der Waals surface area contributed by atoms with Gasteiger partial charge in [0.05, 0.1) is 0 Å². The Kier molecular flexibility index (Phi) is 30.3. The van der Waals surface area contributed by atoms with Crippen molar-refractivity contribution in [3.05, 3.63) is 175 Å². The summed E-state index contributed by atoms with van der Waals surface area (Å²) < 4.78 is 19.3. The highest BCUT2D eigenvalue weighted by molar-refractivity contribution is 7.51. The third-order valence-corrected chi connectivity index (χ3v) is 65.8. The lowest BCUT2D eigenvalue weighted by molar-refractivity contribution is 0.670. The maximum Gasteiger partial charge on any atom is 0.181 e. The van der Waals surface area contributed by atoms with Gasteiger partial charge in [-0.05, 0) is 150 Å². The second kappa shape index (κ2) is 39.0. The van der Waals surface area contributed by atoms with E-state index < -0.39 is 32.3 Å². The van der Waals surface area contributed by atoms with E-state index in [-0.39, 0.29) is 0 Å². The van der Waals surface area contributed by atoms with Crippen molar-refractivity contribution < 1.29 is 0 Å². The Morgan fingerprint density at radius 1 is 0.163 bits per heavy atom. The molecule has 12 aromatic rings. The van der Waals surface area contributed by atoms with Crippen LogP contribution in [-0.2, 0) is 38.5 Å². The van der Waals surface area contributed by atoms with Crippen molar-refractivity contribution in [2.75, 3.05) is 0 Å². The number of thiophene rings is 12. The van der Waals surface area contributed by atoms with Gasteiger partial charge in [-0.2, -0.15) is 0 Å². The lowest BCUT2D eigenvalue weighted by Crippen LogP contribution is -2.62. The van der Waals surface area contributed by atoms with Crippen LogP contribution in [0.5, 0.6) is 0 Å². The van der Waals surface area contributed by atoms with E-state index in [0.29, 0.717) is 0 Å². The van der Waals surface area contributed by atoms with Crippen molar-refractivity contribution >= 4 is 222 Å². The van der Waals surface area contributed by atoms with Gasteiger partial charge in [-0.15, -0.1) is 136 Å². The van der Waals surface area contributed by atoms with Crippen LogP contribution in [0.4, 0.5) is 0 Å². The van der Waals surface area contributed by atoms with Crippen LogP contribution in [0.2, 0.25) is 26.2 Å². The smallest absolute Gasteiger partial charge is 0.149 e. The molecule has 0 aliphatic carbocycles. The molecule has 12 aromatic heterocycles. The fourth-order valence-corrected chi connectivity index (χ4v) is 56.8. The number of rotatable bonds is 45. The van der Waals surface area contributed by atoms with Gasteiger partial charge in [-0.1, -0.05) is 256 Å². The summed E-state index contributed by atoms with van der Waals surface area (Å²) >= 11 is 25.5. The summed E-state index contributed by atoms with van der Waals surface area (Å²) in [5, 5.41) is 0. The summed E-state index contributed by atoms with van der Waals surface area (Å²) in [7, 11) is -9.48. The third-order valence-electron chi connectivity index (χ3n) is 21.9. The van der Waals surface area contributed by atoms with E-state index in [4.69, 9.17) is 0 Å². The Morgan fingerprint density at radius 2 is 0.298 bits per heavy atom. The van der Waals surface area contributed by atoms with E-state index in [1.54, 1.807) is 83.3 Å². The fraction of sp³-hybridized carbons (Fsp3) is 0.455.